The molecule has 0 aromatic heterocycles. The van der Waals surface area contributed by atoms with Gasteiger partial charge in [-0.25, -0.2) is 0 Å². The summed E-state index contributed by atoms with van der Waals surface area (Å²) in [4.78, 5) is 2.35. The number of rotatable bonds is 4. The Morgan fingerprint density at radius 3 is 2.30 bits per heavy atom. The van der Waals surface area contributed by atoms with Gasteiger partial charge in [-0.1, -0.05) is 0 Å². The van der Waals surface area contributed by atoms with Gasteiger partial charge in [-0.15, -0.1) is 0 Å². The predicted octanol–water partition coefficient (Wildman–Crippen LogP) is -1.53. The fourth-order valence-electron chi connectivity index (χ4n) is 0.866. The van der Waals surface area contributed by atoms with Crippen molar-refractivity contribution >= 4 is 0 Å². The van der Waals surface area contributed by atoms with E-state index in [4.69, 9.17) is 5.73 Å². The molecule has 64 valence electrons. The molecule has 2 N–H and O–H groups in total. The zero-order valence-electron chi connectivity index (χ0n) is 7.45. The van der Waals surface area contributed by atoms with Crippen molar-refractivity contribution in [1.29, 1.82) is 0 Å². The van der Waals surface area contributed by atoms with E-state index in [0.717, 1.165) is 10.5 Å². The fourth-order valence-corrected chi connectivity index (χ4v) is 2.86. The van der Waals surface area contributed by atoms with Crippen molar-refractivity contribution < 1.29 is 21.2 Å². The van der Waals surface area contributed by atoms with E-state index in [1.54, 1.807) is 0 Å². The summed E-state index contributed by atoms with van der Waals surface area (Å²) in [5.74, 6) is 0. The van der Waals surface area contributed by atoms with E-state index in [0.29, 0.717) is 26.6 Å². The topological polar surface area (TPSA) is 26.0 Å². The van der Waals surface area contributed by atoms with Gasteiger partial charge < -0.3 is 0 Å². The van der Waals surface area contributed by atoms with Gasteiger partial charge in [0.15, 0.2) is 0 Å². The molecule has 0 saturated carbocycles. The van der Waals surface area contributed by atoms with Crippen LogP contribution < -0.4 is 26.9 Å². The summed E-state index contributed by atoms with van der Waals surface area (Å²) in [6, 6.07) is 0. The summed E-state index contributed by atoms with van der Waals surface area (Å²) in [5, 5.41) is 0. The molecule has 0 aliphatic rings. The van der Waals surface area contributed by atoms with Crippen LogP contribution in [0.25, 0.3) is 0 Å². The molecule has 0 heterocycles. The molecule has 0 spiro atoms. The second-order valence-corrected chi connectivity index (χ2v) is 6.48. The van der Waals surface area contributed by atoms with Gasteiger partial charge in [0.1, 0.15) is 0 Å². The average molecular weight is 256 g/mol. The molecule has 0 fully saturated rings. The Balaban J connectivity index is 3.82. The van der Waals surface area contributed by atoms with E-state index < -0.39 is 0 Å². The van der Waals surface area contributed by atoms with E-state index in [-0.39, 0.29) is 0 Å². The Kier molecular flexibility index (Phi) is 4.86. The summed E-state index contributed by atoms with van der Waals surface area (Å²) in [6.07, 6.45) is 1.17. The number of nitrogens with two attached hydrogens (primary N) is 1. The number of halogens is 1. The van der Waals surface area contributed by atoms with Crippen LogP contribution in [-0.2, 0) is 0 Å². The Labute approximate surface area is 75.0 Å². The van der Waals surface area contributed by atoms with Crippen molar-refractivity contribution in [3.05, 3.63) is 0 Å². The Morgan fingerprint density at radius 1 is 1.50 bits per heavy atom. The Bertz CT molecular complexity index is 91.3. The fraction of sp³-hybridized carbons (Fsp3) is 1.00. The maximum absolute atomic E-state index is 5.52. The second-order valence-electron chi connectivity index (χ2n) is 3.36. The molecule has 0 aromatic rings. The van der Waals surface area contributed by atoms with Crippen LogP contribution in [0.1, 0.15) is 27.2 Å². The summed E-state index contributed by atoms with van der Waals surface area (Å²) >= 11 is 0.387. The quantitative estimate of drug-likeness (QED) is 0.479. The van der Waals surface area contributed by atoms with Gasteiger partial charge in [0.25, 0.3) is 0 Å². The second kappa shape index (κ2) is 4.54. The van der Waals surface area contributed by atoms with E-state index in [9.17, 15) is 0 Å². The first-order valence-electron chi connectivity index (χ1n) is 3.72. The van der Waals surface area contributed by atoms with Crippen molar-refractivity contribution in [1.82, 2.24) is 0 Å². The summed E-state index contributed by atoms with van der Waals surface area (Å²) < 4.78 is 0.898. The van der Waals surface area contributed by atoms with Gasteiger partial charge in [0.2, 0.25) is 0 Å². The molecule has 0 aliphatic heterocycles. The molecule has 0 radical (unpaired) electrons. The maximum atomic E-state index is 5.52. The molecule has 0 aromatic carbocycles. The summed E-state index contributed by atoms with van der Waals surface area (Å²) in [6.45, 7) is 7.84. The van der Waals surface area contributed by atoms with Gasteiger partial charge in [-0.05, 0) is 0 Å². The average Bonchev–Trinajstić information content (AvgIpc) is 1.86. The Morgan fingerprint density at radius 2 is 2.00 bits per heavy atom. The third-order valence-electron chi connectivity index (χ3n) is 2.19. The third-order valence-corrected chi connectivity index (χ3v) is 5.75. The zero-order valence-corrected chi connectivity index (χ0v) is 9.60. The number of hydrogen-bond donors (Lipinski definition) is 1. The molecule has 0 amide bonds. The third kappa shape index (κ3) is 3.19. The monoisotopic (exact) mass is 256 g/mol. The van der Waals surface area contributed by atoms with Crippen molar-refractivity contribution in [2.45, 2.75) is 31.1 Å². The molecule has 0 unspecified atom stereocenters. The molecule has 10 heavy (non-hydrogen) atoms. The summed E-state index contributed by atoms with van der Waals surface area (Å²) in [7, 11) is 0. The molecular weight excluding hydrogens is 237 g/mol. The van der Waals surface area contributed by atoms with E-state index in [1.165, 1.54) is 6.42 Å². The van der Waals surface area contributed by atoms with E-state index >= 15 is 0 Å². The van der Waals surface area contributed by atoms with Gasteiger partial charge in [0, 0.05) is 0 Å². The standard InChI is InChI=1S/C8H19IN/c1-7(9-4)8(2,3)5-6-10/h7H,5-6,10H2,1-4H3/q-1/t7-/m1/s1. The van der Waals surface area contributed by atoms with Crippen LogP contribution in [0, 0.1) is 5.41 Å². The van der Waals surface area contributed by atoms with Gasteiger partial charge in [-0.2, -0.15) is 0 Å². The SMILES string of the molecule is C[I-][C@H](C)C(C)(C)CCN. The molecule has 1 atom stereocenters. The summed E-state index contributed by atoms with van der Waals surface area (Å²) in [5.41, 5.74) is 6.00. The zero-order chi connectivity index (χ0) is 8.20. The van der Waals surface area contributed by atoms with Gasteiger partial charge in [0.05, 0.1) is 0 Å². The van der Waals surface area contributed by atoms with Crippen LogP contribution in [0.5, 0.6) is 0 Å². The van der Waals surface area contributed by atoms with Crippen molar-refractivity contribution in [2.24, 2.45) is 11.1 Å². The Hall–Kier alpha value is 0.690. The predicted molar refractivity (Wildman–Crippen MR) is 42.8 cm³/mol. The minimum absolute atomic E-state index is 0.387. The number of alkyl halides is 2. The first kappa shape index (κ1) is 10.7. The molecule has 0 bridgehead atoms. The van der Waals surface area contributed by atoms with E-state index in [1.807, 2.05) is 0 Å². The van der Waals surface area contributed by atoms with Crippen molar-refractivity contribution in [3.63, 3.8) is 0 Å². The minimum atomic E-state index is 0.387. The molecule has 0 rings (SSSR count). The molecule has 0 saturated heterocycles. The van der Waals surface area contributed by atoms with Crippen LogP contribution in [0.15, 0.2) is 0 Å². The normalized spacial score (nSPS) is 15.7. The van der Waals surface area contributed by atoms with Crippen LogP contribution >= 0.6 is 0 Å². The molecule has 1 nitrogen and oxygen atoms in total. The van der Waals surface area contributed by atoms with Crippen LogP contribution in [0.2, 0.25) is 0 Å². The van der Waals surface area contributed by atoms with Crippen LogP contribution in [0.3, 0.4) is 0 Å². The van der Waals surface area contributed by atoms with Gasteiger partial charge >= 0.3 is 74.9 Å². The molecule has 0 aliphatic carbocycles. The van der Waals surface area contributed by atoms with Gasteiger partial charge in [-0.3, -0.25) is 0 Å². The molecular formula is C8H19IN-. The number of hydrogen-bond acceptors (Lipinski definition) is 1. The van der Waals surface area contributed by atoms with Crippen molar-refractivity contribution in [3.8, 4) is 0 Å². The van der Waals surface area contributed by atoms with Crippen LogP contribution in [-0.4, -0.2) is 15.4 Å². The molecule has 2 heteroatoms. The van der Waals surface area contributed by atoms with Crippen molar-refractivity contribution in [2.75, 3.05) is 11.5 Å². The first-order valence-corrected chi connectivity index (χ1v) is 7.13. The van der Waals surface area contributed by atoms with Crippen LogP contribution in [0.4, 0.5) is 0 Å². The van der Waals surface area contributed by atoms with E-state index in [2.05, 4.69) is 25.7 Å². The first-order chi connectivity index (χ1) is 4.54.